The van der Waals surface area contributed by atoms with Crippen LogP contribution in [0.2, 0.25) is 0 Å². The Bertz CT molecular complexity index is 291. The SMILES string of the molecule is CC.CCN1C(=O)N(CC2COCCN2)CC1C(C)C. The molecule has 0 aliphatic carbocycles. The highest BCUT2D eigenvalue weighted by Crippen LogP contribution is 2.22. The summed E-state index contributed by atoms with van der Waals surface area (Å²) in [6.07, 6.45) is 0. The largest absolute Gasteiger partial charge is 0.378 e. The zero-order valence-corrected chi connectivity index (χ0v) is 13.7. The Morgan fingerprint density at radius 1 is 1.40 bits per heavy atom. The van der Waals surface area contributed by atoms with Crippen LogP contribution < -0.4 is 5.32 Å². The van der Waals surface area contributed by atoms with Gasteiger partial charge >= 0.3 is 6.03 Å². The summed E-state index contributed by atoms with van der Waals surface area (Å²) in [5, 5.41) is 3.41. The molecular weight excluding hydrogens is 254 g/mol. The number of rotatable bonds is 4. The van der Waals surface area contributed by atoms with Crippen LogP contribution in [0.25, 0.3) is 0 Å². The predicted octanol–water partition coefficient (Wildman–Crippen LogP) is 1.78. The van der Waals surface area contributed by atoms with E-state index in [-0.39, 0.29) is 12.1 Å². The third-order valence-electron chi connectivity index (χ3n) is 3.87. The van der Waals surface area contributed by atoms with Crippen molar-refractivity contribution in [2.75, 3.05) is 39.4 Å². The second-order valence-corrected chi connectivity index (χ2v) is 5.51. The van der Waals surface area contributed by atoms with Crippen molar-refractivity contribution in [3.8, 4) is 0 Å². The first kappa shape index (κ1) is 17.2. The van der Waals surface area contributed by atoms with Crippen LogP contribution in [0.5, 0.6) is 0 Å². The molecule has 5 heteroatoms. The lowest BCUT2D eigenvalue weighted by molar-refractivity contribution is 0.0676. The molecule has 118 valence electrons. The van der Waals surface area contributed by atoms with E-state index in [0.29, 0.717) is 18.6 Å². The van der Waals surface area contributed by atoms with Crippen LogP contribution >= 0.6 is 0 Å². The van der Waals surface area contributed by atoms with Gasteiger partial charge < -0.3 is 19.9 Å². The summed E-state index contributed by atoms with van der Waals surface area (Å²) in [5.41, 5.74) is 0. The zero-order valence-electron chi connectivity index (χ0n) is 13.7. The first-order valence-electron chi connectivity index (χ1n) is 8.00. The number of amides is 2. The molecule has 2 aliphatic rings. The van der Waals surface area contributed by atoms with Crippen LogP contribution in [0, 0.1) is 5.92 Å². The molecule has 2 heterocycles. The topological polar surface area (TPSA) is 44.8 Å². The Kier molecular flexibility index (Phi) is 7.30. The summed E-state index contributed by atoms with van der Waals surface area (Å²) in [4.78, 5) is 16.3. The first-order chi connectivity index (χ1) is 9.63. The summed E-state index contributed by atoms with van der Waals surface area (Å²) in [6.45, 7) is 15.2. The summed E-state index contributed by atoms with van der Waals surface area (Å²) in [6, 6.07) is 0.822. The van der Waals surface area contributed by atoms with Gasteiger partial charge in [0.2, 0.25) is 0 Å². The number of urea groups is 1. The van der Waals surface area contributed by atoms with Crippen molar-refractivity contribution in [2.45, 2.75) is 46.7 Å². The molecule has 2 atom stereocenters. The number of nitrogens with one attached hydrogen (secondary N) is 1. The first-order valence-corrected chi connectivity index (χ1v) is 8.00. The second-order valence-electron chi connectivity index (χ2n) is 5.51. The molecule has 2 aliphatic heterocycles. The van der Waals surface area contributed by atoms with Gasteiger partial charge in [-0.1, -0.05) is 27.7 Å². The van der Waals surface area contributed by atoms with Gasteiger partial charge in [-0.3, -0.25) is 0 Å². The molecule has 0 bridgehead atoms. The smallest absolute Gasteiger partial charge is 0.320 e. The fourth-order valence-corrected chi connectivity index (χ4v) is 2.82. The lowest BCUT2D eigenvalue weighted by Crippen LogP contribution is -2.49. The molecule has 2 saturated heterocycles. The quantitative estimate of drug-likeness (QED) is 0.856. The molecule has 5 nitrogen and oxygen atoms in total. The summed E-state index contributed by atoms with van der Waals surface area (Å²) < 4.78 is 5.44. The van der Waals surface area contributed by atoms with Gasteiger partial charge in [-0.25, -0.2) is 4.79 Å². The number of likely N-dealkylation sites (N-methyl/N-ethyl adjacent to an activating group) is 1. The highest BCUT2D eigenvalue weighted by atomic mass is 16.5. The molecule has 0 aromatic carbocycles. The van der Waals surface area contributed by atoms with E-state index in [1.165, 1.54) is 0 Å². The third kappa shape index (κ3) is 4.09. The van der Waals surface area contributed by atoms with Gasteiger partial charge in [0.05, 0.1) is 19.3 Å². The van der Waals surface area contributed by atoms with Crippen molar-refractivity contribution < 1.29 is 9.53 Å². The highest BCUT2D eigenvalue weighted by molar-refractivity contribution is 5.77. The van der Waals surface area contributed by atoms with Gasteiger partial charge in [0.25, 0.3) is 0 Å². The molecule has 0 aromatic heterocycles. The second kappa shape index (κ2) is 8.47. The number of carbonyl (C=O) groups excluding carboxylic acids is 1. The van der Waals surface area contributed by atoms with Crippen LogP contribution in [0.1, 0.15) is 34.6 Å². The molecular formula is C15H31N3O2. The Balaban J connectivity index is 0.000000956. The molecule has 2 fully saturated rings. The number of hydrogen-bond acceptors (Lipinski definition) is 3. The summed E-state index contributed by atoms with van der Waals surface area (Å²) in [5.74, 6) is 0.509. The Morgan fingerprint density at radius 2 is 2.10 bits per heavy atom. The van der Waals surface area contributed by atoms with Gasteiger partial charge in [0.15, 0.2) is 0 Å². The van der Waals surface area contributed by atoms with Crippen molar-refractivity contribution in [3.63, 3.8) is 0 Å². The Hall–Kier alpha value is -0.810. The molecule has 0 saturated carbocycles. The number of ether oxygens (including phenoxy) is 1. The van der Waals surface area contributed by atoms with E-state index in [4.69, 9.17) is 4.74 Å². The minimum Gasteiger partial charge on any atom is -0.378 e. The maximum Gasteiger partial charge on any atom is 0.320 e. The van der Waals surface area contributed by atoms with Crippen molar-refractivity contribution in [3.05, 3.63) is 0 Å². The monoisotopic (exact) mass is 285 g/mol. The molecule has 2 unspecified atom stereocenters. The summed E-state index contributed by atoms with van der Waals surface area (Å²) in [7, 11) is 0. The van der Waals surface area contributed by atoms with Crippen LogP contribution in [0.4, 0.5) is 4.79 Å². The van der Waals surface area contributed by atoms with Crippen molar-refractivity contribution >= 4 is 6.03 Å². The van der Waals surface area contributed by atoms with Gasteiger partial charge in [-0.05, 0) is 12.8 Å². The lowest BCUT2D eigenvalue weighted by Gasteiger charge is -2.27. The molecule has 0 spiro atoms. The number of carbonyl (C=O) groups is 1. The minimum absolute atomic E-state index is 0.184. The number of nitrogens with zero attached hydrogens (tertiary/aromatic N) is 2. The van der Waals surface area contributed by atoms with Crippen LogP contribution in [-0.2, 0) is 4.74 Å². The third-order valence-corrected chi connectivity index (χ3v) is 3.87. The molecule has 0 aromatic rings. The fourth-order valence-electron chi connectivity index (χ4n) is 2.82. The normalized spacial score (nSPS) is 26.8. The minimum atomic E-state index is 0.184. The van der Waals surface area contributed by atoms with E-state index in [0.717, 1.165) is 32.8 Å². The Labute approximate surface area is 123 Å². The standard InChI is InChI=1S/C13H25N3O2.C2H6/c1-4-16-12(10(2)3)8-15(13(16)17)7-11-9-18-6-5-14-11;1-2/h10-12,14H,4-9H2,1-3H3;1-2H3. The molecule has 0 radical (unpaired) electrons. The summed E-state index contributed by atoms with van der Waals surface area (Å²) >= 11 is 0. The lowest BCUT2D eigenvalue weighted by atomic mass is 10.0. The van der Waals surface area contributed by atoms with E-state index in [9.17, 15) is 4.79 Å². The fraction of sp³-hybridized carbons (Fsp3) is 0.933. The van der Waals surface area contributed by atoms with Crippen LogP contribution in [-0.4, -0.2) is 67.3 Å². The van der Waals surface area contributed by atoms with Gasteiger partial charge in [-0.2, -0.15) is 0 Å². The maximum absolute atomic E-state index is 12.3. The van der Waals surface area contributed by atoms with Crippen molar-refractivity contribution in [1.29, 1.82) is 0 Å². The maximum atomic E-state index is 12.3. The van der Waals surface area contributed by atoms with E-state index in [2.05, 4.69) is 26.1 Å². The van der Waals surface area contributed by atoms with Gasteiger partial charge in [0.1, 0.15) is 0 Å². The Morgan fingerprint density at radius 3 is 2.55 bits per heavy atom. The molecule has 20 heavy (non-hydrogen) atoms. The van der Waals surface area contributed by atoms with Crippen molar-refractivity contribution in [2.24, 2.45) is 5.92 Å². The average Bonchev–Trinajstić information content (AvgIpc) is 2.79. The van der Waals surface area contributed by atoms with E-state index in [1.54, 1.807) is 0 Å². The predicted molar refractivity (Wildman–Crippen MR) is 81.9 cm³/mol. The van der Waals surface area contributed by atoms with E-state index < -0.39 is 0 Å². The van der Waals surface area contributed by atoms with Crippen LogP contribution in [0.3, 0.4) is 0 Å². The van der Waals surface area contributed by atoms with E-state index >= 15 is 0 Å². The zero-order chi connectivity index (χ0) is 15.1. The van der Waals surface area contributed by atoms with Crippen LogP contribution in [0.15, 0.2) is 0 Å². The van der Waals surface area contributed by atoms with Gasteiger partial charge in [-0.15, -0.1) is 0 Å². The number of hydrogen-bond donors (Lipinski definition) is 1. The molecule has 2 amide bonds. The average molecular weight is 285 g/mol. The molecule has 2 rings (SSSR count). The van der Waals surface area contributed by atoms with Gasteiger partial charge in [0, 0.05) is 32.2 Å². The van der Waals surface area contributed by atoms with Crippen molar-refractivity contribution in [1.82, 2.24) is 15.1 Å². The van der Waals surface area contributed by atoms with E-state index in [1.807, 2.05) is 23.6 Å². The molecule has 1 N–H and O–H groups in total. The highest BCUT2D eigenvalue weighted by Gasteiger charge is 2.38. The number of morpholine rings is 1.